The van der Waals surface area contributed by atoms with Crippen molar-refractivity contribution in [3.05, 3.63) is 64.0 Å². The molecule has 0 saturated heterocycles. The Morgan fingerprint density at radius 2 is 2.07 bits per heavy atom. The molecule has 4 rings (SSSR count). The van der Waals surface area contributed by atoms with Crippen LogP contribution in [0.2, 0.25) is 0 Å². The minimum absolute atomic E-state index is 0.0325. The van der Waals surface area contributed by atoms with Crippen LogP contribution in [-0.2, 0) is 0 Å². The minimum atomic E-state index is -4.50. The summed E-state index contributed by atoms with van der Waals surface area (Å²) < 4.78 is 41.9. The molecule has 2 aromatic heterocycles. The Labute approximate surface area is 174 Å². The molecule has 10 heteroatoms. The van der Waals surface area contributed by atoms with Crippen molar-refractivity contribution in [2.24, 2.45) is 0 Å². The van der Waals surface area contributed by atoms with Crippen LogP contribution in [-0.4, -0.2) is 27.0 Å². The summed E-state index contributed by atoms with van der Waals surface area (Å²) in [6.45, 7) is 1.62. The Balaban J connectivity index is 1.63. The number of amides is 1. The van der Waals surface area contributed by atoms with Crippen LogP contribution in [0.3, 0.4) is 0 Å². The summed E-state index contributed by atoms with van der Waals surface area (Å²) in [4.78, 5) is 13.5. The molecule has 3 heterocycles. The molecule has 1 aliphatic heterocycles. The topological polar surface area (TPSA) is 79.2 Å². The maximum atomic E-state index is 13.7. The number of fused-ring (bicyclic) bond motifs is 1. The Morgan fingerprint density at radius 3 is 2.67 bits per heavy atom. The van der Waals surface area contributed by atoms with Gasteiger partial charge in [-0.15, -0.1) is 11.3 Å². The molecule has 6 nitrogen and oxygen atoms in total. The van der Waals surface area contributed by atoms with Gasteiger partial charge in [0.05, 0.1) is 18.3 Å². The van der Waals surface area contributed by atoms with Crippen LogP contribution in [0.1, 0.15) is 52.3 Å². The van der Waals surface area contributed by atoms with E-state index < -0.39 is 30.3 Å². The first-order chi connectivity index (χ1) is 14.2. The van der Waals surface area contributed by atoms with E-state index in [2.05, 4.69) is 15.7 Å². The van der Waals surface area contributed by atoms with E-state index in [4.69, 9.17) is 0 Å². The Hall–Kier alpha value is -2.85. The Bertz CT molecular complexity index is 1030. The van der Waals surface area contributed by atoms with E-state index >= 15 is 0 Å². The molecule has 3 N–H and O–H groups in total. The highest BCUT2D eigenvalue weighted by Crippen LogP contribution is 2.45. The van der Waals surface area contributed by atoms with Crippen molar-refractivity contribution in [1.82, 2.24) is 9.78 Å². The zero-order valence-corrected chi connectivity index (χ0v) is 16.7. The molecule has 0 bridgehead atoms. The van der Waals surface area contributed by atoms with Crippen molar-refractivity contribution >= 4 is 28.7 Å². The minimum Gasteiger partial charge on any atom is -0.389 e. The molecule has 0 unspecified atom stereocenters. The highest BCUT2D eigenvalue weighted by Gasteiger charge is 2.47. The van der Waals surface area contributed by atoms with Gasteiger partial charge in [-0.3, -0.25) is 4.79 Å². The number of nitrogens with one attached hydrogen (secondary N) is 2. The zero-order chi connectivity index (χ0) is 21.5. The van der Waals surface area contributed by atoms with Gasteiger partial charge in [0.15, 0.2) is 6.04 Å². The second-order valence-electron chi connectivity index (χ2n) is 7.11. The number of carbonyl (C=O) groups excluding carboxylic acids is 1. The predicted molar refractivity (Wildman–Crippen MR) is 108 cm³/mol. The number of alkyl halides is 3. The van der Waals surface area contributed by atoms with Gasteiger partial charge < -0.3 is 15.7 Å². The molecule has 1 aliphatic rings. The number of anilines is 2. The quantitative estimate of drug-likeness (QED) is 0.543. The monoisotopic (exact) mass is 436 g/mol. The molecule has 0 spiro atoms. The number of aromatic nitrogens is 2. The molecule has 3 aromatic rings. The molecular weight excluding hydrogens is 417 g/mol. The second kappa shape index (κ2) is 7.77. The van der Waals surface area contributed by atoms with Gasteiger partial charge in [0.2, 0.25) is 0 Å². The molecule has 158 valence electrons. The number of benzene rings is 1. The second-order valence-corrected chi connectivity index (χ2v) is 8.09. The number of nitrogens with zero attached hydrogens (tertiary/aromatic N) is 2. The lowest BCUT2D eigenvalue weighted by Crippen LogP contribution is -2.36. The molecule has 3 atom stereocenters. The Kier molecular flexibility index (Phi) is 5.29. The van der Waals surface area contributed by atoms with Gasteiger partial charge in [-0.2, -0.15) is 18.3 Å². The van der Waals surface area contributed by atoms with E-state index in [9.17, 15) is 23.1 Å². The first kappa shape index (κ1) is 20.4. The van der Waals surface area contributed by atoms with Gasteiger partial charge in [0.25, 0.3) is 5.91 Å². The van der Waals surface area contributed by atoms with Crippen molar-refractivity contribution in [2.45, 2.75) is 37.7 Å². The molecule has 0 radical (unpaired) electrons. The van der Waals surface area contributed by atoms with Crippen molar-refractivity contribution in [1.29, 1.82) is 0 Å². The number of thiophene rings is 1. The van der Waals surface area contributed by atoms with Gasteiger partial charge in [-0.05, 0) is 36.1 Å². The third kappa shape index (κ3) is 3.92. The lowest BCUT2D eigenvalue weighted by molar-refractivity contribution is -0.173. The van der Waals surface area contributed by atoms with Crippen LogP contribution in [0, 0.1) is 0 Å². The van der Waals surface area contributed by atoms with Gasteiger partial charge >= 0.3 is 6.18 Å². The van der Waals surface area contributed by atoms with Gasteiger partial charge in [-0.25, -0.2) is 4.68 Å². The number of carbonyl (C=O) groups is 1. The summed E-state index contributed by atoms with van der Waals surface area (Å²) in [5.41, 5.74) is 1.18. The third-order valence-corrected chi connectivity index (χ3v) is 6.01. The first-order valence-corrected chi connectivity index (χ1v) is 10.2. The highest BCUT2D eigenvalue weighted by molar-refractivity contribution is 7.10. The SMILES string of the molecule is C[C@H](O)c1ccc(NC(=O)c2cnn3c2N[C@@H](c2cccs2)C[C@@H]3C(F)(F)F)cc1. The maximum Gasteiger partial charge on any atom is 0.410 e. The average molecular weight is 436 g/mol. The van der Waals surface area contributed by atoms with Crippen molar-refractivity contribution in [3.63, 3.8) is 0 Å². The van der Waals surface area contributed by atoms with Crippen LogP contribution >= 0.6 is 11.3 Å². The number of aliphatic hydroxyl groups excluding tert-OH is 1. The van der Waals surface area contributed by atoms with Crippen LogP contribution < -0.4 is 10.6 Å². The molecular formula is C20H19F3N4O2S. The van der Waals surface area contributed by atoms with E-state index in [1.807, 2.05) is 0 Å². The van der Waals surface area contributed by atoms with E-state index in [-0.39, 0.29) is 17.8 Å². The standard InChI is InChI=1S/C20H19F3N4O2S/c1-11(28)12-4-6-13(7-5-12)25-19(29)14-10-24-27-17(20(21,22)23)9-15(26-18(14)27)16-3-2-8-30-16/h2-8,10-11,15,17,26,28H,9H2,1H3,(H,25,29)/t11-,15+,17+/m0/s1. The fraction of sp³-hybridized carbons (Fsp3) is 0.300. The van der Waals surface area contributed by atoms with Crippen molar-refractivity contribution < 1.29 is 23.1 Å². The number of hydrogen-bond acceptors (Lipinski definition) is 5. The third-order valence-electron chi connectivity index (χ3n) is 5.02. The molecule has 0 aliphatic carbocycles. The molecule has 1 aromatic carbocycles. The van der Waals surface area contributed by atoms with Crippen LogP contribution in [0.5, 0.6) is 0 Å². The molecule has 0 fully saturated rings. The highest BCUT2D eigenvalue weighted by atomic mass is 32.1. The van der Waals surface area contributed by atoms with Crippen molar-refractivity contribution in [3.8, 4) is 0 Å². The summed E-state index contributed by atoms with van der Waals surface area (Å²) in [5, 5.41) is 21.0. The summed E-state index contributed by atoms with van der Waals surface area (Å²) in [5.74, 6) is -0.527. The molecule has 1 amide bonds. The lowest BCUT2D eigenvalue weighted by Gasteiger charge is -2.33. The Morgan fingerprint density at radius 1 is 1.33 bits per heavy atom. The number of rotatable bonds is 4. The van der Waals surface area contributed by atoms with E-state index in [0.717, 1.165) is 15.8 Å². The zero-order valence-electron chi connectivity index (χ0n) is 15.8. The number of halogens is 3. The van der Waals surface area contributed by atoms with E-state index in [1.54, 1.807) is 48.7 Å². The normalized spacial score (nSPS) is 19.6. The lowest BCUT2D eigenvalue weighted by atomic mass is 10.0. The average Bonchev–Trinajstić information content (AvgIpc) is 3.36. The van der Waals surface area contributed by atoms with Gasteiger partial charge in [-0.1, -0.05) is 18.2 Å². The fourth-order valence-electron chi connectivity index (χ4n) is 3.45. The summed E-state index contributed by atoms with van der Waals surface area (Å²) in [6, 6.07) is 7.72. The number of aliphatic hydroxyl groups is 1. The van der Waals surface area contributed by atoms with Gasteiger partial charge in [0, 0.05) is 17.0 Å². The smallest absolute Gasteiger partial charge is 0.389 e. The van der Waals surface area contributed by atoms with Crippen molar-refractivity contribution in [2.75, 3.05) is 10.6 Å². The van der Waals surface area contributed by atoms with E-state index in [1.165, 1.54) is 11.3 Å². The molecule has 30 heavy (non-hydrogen) atoms. The summed E-state index contributed by atoms with van der Waals surface area (Å²) in [6.07, 6.45) is -4.20. The van der Waals surface area contributed by atoms with E-state index in [0.29, 0.717) is 11.3 Å². The van der Waals surface area contributed by atoms with Crippen LogP contribution in [0.15, 0.2) is 48.0 Å². The predicted octanol–water partition coefficient (Wildman–Crippen LogP) is 4.91. The van der Waals surface area contributed by atoms with Crippen LogP contribution in [0.4, 0.5) is 24.7 Å². The maximum absolute atomic E-state index is 13.7. The van der Waals surface area contributed by atoms with Gasteiger partial charge in [0.1, 0.15) is 11.4 Å². The number of hydrogen-bond donors (Lipinski definition) is 3. The largest absolute Gasteiger partial charge is 0.410 e. The van der Waals surface area contributed by atoms with Crippen LogP contribution in [0.25, 0.3) is 0 Å². The fourth-order valence-corrected chi connectivity index (χ4v) is 4.24. The molecule has 0 saturated carbocycles. The first-order valence-electron chi connectivity index (χ1n) is 9.27. The summed E-state index contributed by atoms with van der Waals surface area (Å²) >= 11 is 1.36. The summed E-state index contributed by atoms with van der Waals surface area (Å²) in [7, 11) is 0.